The molecule has 1 aromatic carbocycles. The number of benzene rings is 1. The molecule has 20 heavy (non-hydrogen) atoms. The summed E-state index contributed by atoms with van der Waals surface area (Å²) in [7, 11) is 0. The summed E-state index contributed by atoms with van der Waals surface area (Å²) >= 11 is 0. The van der Waals surface area contributed by atoms with Crippen molar-refractivity contribution in [2.45, 2.75) is 19.9 Å². The van der Waals surface area contributed by atoms with Gasteiger partial charge in [0.15, 0.2) is 0 Å². The van der Waals surface area contributed by atoms with Crippen LogP contribution in [0.5, 0.6) is 0 Å². The molecule has 2 rings (SSSR count). The quantitative estimate of drug-likeness (QED) is 0.897. The number of nitrogens with zero attached hydrogens (tertiary/aromatic N) is 1. The SMILES string of the molecule is Cc1ccc([C@H](C)NC(=O)Nc2cccc(C#N)c2)o1. The number of carbonyl (C=O) groups excluding carboxylic acids is 1. The van der Waals surface area contributed by atoms with Gasteiger partial charge in [-0.25, -0.2) is 4.79 Å². The Morgan fingerprint density at radius 3 is 2.80 bits per heavy atom. The zero-order chi connectivity index (χ0) is 14.5. The zero-order valence-corrected chi connectivity index (χ0v) is 11.3. The van der Waals surface area contributed by atoms with Crippen molar-refractivity contribution in [3.05, 3.63) is 53.5 Å². The molecule has 0 bridgehead atoms. The highest BCUT2D eigenvalue weighted by Crippen LogP contribution is 2.16. The van der Waals surface area contributed by atoms with Crippen LogP contribution in [-0.4, -0.2) is 6.03 Å². The molecular formula is C15H15N3O2. The fraction of sp³-hybridized carbons (Fsp3) is 0.200. The Morgan fingerprint density at radius 1 is 1.35 bits per heavy atom. The first-order valence-corrected chi connectivity index (χ1v) is 6.22. The summed E-state index contributed by atoms with van der Waals surface area (Å²) in [5.74, 6) is 1.50. The van der Waals surface area contributed by atoms with Crippen LogP contribution in [0.2, 0.25) is 0 Å². The predicted octanol–water partition coefficient (Wildman–Crippen LogP) is 3.34. The van der Waals surface area contributed by atoms with Crippen molar-refractivity contribution in [2.75, 3.05) is 5.32 Å². The van der Waals surface area contributed by atoms with Crippen LogP contribution in [0.4, 0.5) is 10.5 Å². The van der Waals surface area contributed by atoms with Gasteiger partial charge in [0, 0.05) is 5.69 Å². The molecule has 5 heteroatoms. The second-order valence-electron chi connectivity index (χ2n) is 4.46. The van der Waals surface area contributed by atoms with E-state index >= 15 is 0 Å². The smallest absolute Gasteiger partial charge is 0.319 e. The lowest BCUT2D eigenvalue weighted by atomic mass is 10.2. The van der Waals surface area contributed by atoms with Crippen LogP contribution in [0, 0.1) is 18.3 Å². The molecule has 0 saturated heterocycles. The highest BCUT2D eigenvalue weighted by atomic mass is 16.3. The lowest BCUT2D eigenvalue weighted by Gasteiger charge is -2.12. The molecule has 0 aliphatic heterocycles. The van der Waals surface area contributed by atoms with Crippen molar-refractivity contribution in [1.29, 1.82) is 5.26 Å². The number of amides is 2. The monoisotopic (exact) mass is 269 g/mol. The molecule has 2 aromatic rings. The number of hydrogen-bond acceptors (Lipinski definition) is 3. The molecule has 102 valence electrons. The lowest BCUT2D eigenvalue weighted by molar-refractivity contribution is 0.247. The second-order valence-corrected chi connectivity index (χ2v) is 4.46. The first-order chi connectivity index (χ1) is 9.58. The van der Waals surface area contributed by atoms with E-state index in [4.69, 9.17) is 9.68 Å². The van der Waals surface area contributed by atoms with E-state index in [0.29, 0.717) is 17.0 Å². The molecule has 2 N–H and O–H groups in total. The summed E-state index contributed by atoms with van der Waals surface area (Å²) in [4.78, 5) is 11.9. The third-order valence-electron chi connectivity index (χ3n) is 2.79. The third kappa shape index (κ3) is 3.39. The van der Waals surface area contributed by atoms with Gasteiger partial charge >= 0.3 is 6.03 Å². The first kappa shape index (κ1) is 13.7. The maximum Gasteiger partial charge on any atom is 0.319 e. The number of carbonyl (C=O) groups is 1. The Balaban J connectivity index is 1.97. The van der Waals surface area contributed by atoms with E-state index in [-0.39, 0.29) is 12.1 Å². The van der Waals surface area contributed by atoms with Gasteiger partial charge in [0.25, 0.3) is 0 Å². The molecular weight excluding hydrogens is 254 g/mol. The lowest BCUT2D eigenvalue weighted by Crippen LogP contribution is -2.30. The molecule has 0 spiro atoms. The van der Waals surface area contributed by atoms with E-state index in [9.17, 15) is 4.79 Å². The number of anilines is 1. The Hall–Kier alpha value is -2.74. The molecule has 1 heterocycles. The van der Waals surface area contributed by atoms with Crippen LogP contribution in [0.15, 0.2) is 40.8 Å². The van der Waals surface area contributed by atoms with Crippen LogP contribution < -0.4 is 10.6 Å². The van der Waals surface area contributed by atoms with Crippen molar-refractivity contribution >= 4 is 11.7 Å². The highest BCUT2D eigenvalue weighted by molar-refractivity contribution is 5.89. The van der Waals surface area contributed by atoms with E-state index in [1.54, 1.807) is 24.3 Å². The van der Waals surface area contributed by atoms with Gasteiger partial charge in [-0.1, -0.05) is 6.07 Å². The van der Waals surface area contributed by atoms with Gasteiger partial charge < -0.3 is 15.1 Å². The number of urea groups is 1. The number of nitrogens with one attached hydrogen (secondary N) is 2. The van der Waals surface area contributed by atoms with Gasteiger partial charge in [-0.05, 0) is 44.2 Å². The van der Waals surface area contributed by atoms with E-state index < -0.39 is 0 Å². The van der Waals surface area contributed by atoms with Gasteiger partial charge in [0.05, 0.1) is 17.7 Å². The maximum atomic E-state index is 11.9. The third-order valence-corrected chi connectivity index (χ3v) is 2.79. The normalized spacial score (nSPS) is 11.4. The summed E-state index contributed by atoms with van der Waals surface area (Å²) in [6.45, 7) is 3.69. The number of rotatable bonds is 3. The molecule has 2 amide bonds. The number of aryl methyl sites for hydroxylation is 1. The summed E-state index contributed by atoms with van der Waals surface area (Å²) in [6.07, 6.45) is 0. The molecule has 0 aliphatic rings. The van der Waals surface area contributed by atoms with Gasteiger partial charge in [-0.3, -0.25) is 0 Å². The van der Waals surface area contributed by atoms with Crippen LogP contribution in [0.25, 0.3) is 0 Å². The molecule has 0 aliphatic carbocycles. The van der Waals surface area contributed by atoms with Crippen LogP contribution in [-0.2, 0) is 0 Å². The fourth-order valence-corrected chi connectivity index (χ4v) is 1.79. The molecule has 0 unspecified atom stereocenters. The van der Waals surface area contributed by atoms with Crippen molar-refractivity contribution in [1.82, 2.24) is 5.32 Å². The van der Waals surface area contributed by atoms with Crippen molar-refractivity contribution < 1.29 is 9.21 Å². The summed E-state index contributed by atoms with van der Waals surface area (Å²) < 4.78 is 5.45. The summed E-state index contributed by atoms with van der Waals surface area (Å²) in [5, 5.41) is 14.3. The Morgan fingerprint density at radius 2 is 2.15 bits per heavy atom. The predicted molar refractivity (Wildman–Crippen MR) is 75.2 cm³/mol. The fourth-order valence-electron chi connectivity index (χ4n) is 1.79. The molecule has 0 radical (unpaired) electrons. The second kappa shape index (κ2) is 5.93. The van der Waals surface area contributed by atoms with E-state index in [0.717, 1.165) is 5.76 Å². The van der Waals surface area contributed by atoms with E-state index in [1.165, 1.54) is 0 Å². The minimum absolute atomic E-state index is 0.233. The average Bonchev–Trinajstić information content (AvgIpc) is 2.85. The maximum absolute atomic E-state index is 11.9. The van der Waals surface area contributed by atoms with Crippen LogP contribution in [0.1, 0.15) is 30.0 Å². The van der Waals surface area contributed by atoms with E-state index in [2.05, 4.69) is 10.6 Å². The zero-order valence-electron chi connectivity index (χ0n) is 11.3. The van der Waals surface area contributed by atoms with Crippen molar-refractivity contribution in [3.63, 3.8) is 0 Å². The molecule has 1 aromatic heterocycles. The summed E-state index contributed by atoms with van der Waals surface area (Å²) in [6, 6.07) is 11.9. The van der Waals surface area contributed by atoms with Crippen LogP contribution >= 0.6 is 0 Å². The Labute approximate surface area is 117 Å². The van der Waals surface area contributed by atoms with Crippen molar-refractivity contribution in [3.8, 4) is 6.07 Å². The largest absolute Gasteiger partial charge is 0.464 e. The molecule has 0 fully saturated rings. The average molecular weight is 269 g/mol. The topological polar surface area (TPSA) is 78.1 Å². The van der Waals surface area contributed by atoms with Gasteiger partial charge in [-0.2, -0.15) is 5.26 Å². The number of furan rings is 1. The standard InChI is InChI=1S/C15H15N3O2/c1-10-6-7-14(20-10)11(2)17-15(19)18-13-5-3-4-12(8-13)9-16/h3-8,11H,1-2H3,(H2,17,18,19)/t11-/m0/s1. The minimum Gasteiger partial charge on any atom is -0.464 e. The Kier molecular flexibility index (Phi) is 4.06. The highest BCUT2D eigenvalue weighted by Gasteiger charge is 2.12. The molecule has 1 atom stereocenters. The minimum atomic E-state index is -0.346. The van der Waals surface area contributed by atoms with Gasteiger partial charge in [-0.15, -0.1) is 0 Å². The molecule has 5 nitrogen and oxygen atoms in total. The Bertz CT molecular complexity index is 655. The number of nitriles is 1. The summed E-state index contributed by atoms with van der Waals surface area (Å²) in [5.41, 5.74) is 1.07. The van der Waals surface area contributed by atoms with Gasteiger partial charge in [0.2, 0.25) is 0 Å². The first-order valence-electron chi connectivity index (χ1n) is 6.22. The number of hydrogen-bond donors (Lipinski definition) is 2. The van der Waals surface area contributed by atoms with Gasteiger partial charge in [0.1, 0.15) is 11.5 Å². The van der Waals surface area contributed by atoms with E-state index in [1.807, 2.05) is 32.0 Å². The van der Waals surface area contributed by atoms with Crippen LogP contribution in [0.3, 0.4) is 0 Å². The van der Waals surface area contributed by atoms with Crippen molar-refractivity contribution in [2.24, 2.45) is 0 Å². The molecule has 0 saturated carbocycles.